The first kappa shape index (κ1) is 16.9. The van der Waals surface area contributed by atoms with Crippen molar-refractivity contribution in [3.8, 4) is 0 Å². The molecular formula is C13H19ClN2O3S. The van der Waals surface area contributed by atoms with Crippen molar-refractivity contribution in [3.63, 3.8) is 0 Å². The Kier molecular flexibility index (Phi) is 5.56. The monoisotopic (exact) mass is 318 g/mol. The quantitative estimate of drug-likeness (QED) is 0.871. The minimum atomic E-state index is -3.86. The summed E-state index contributed by atoms with van der Waals surface area (Å²) in [5.74, 6) is -0.104. The van der Waals surface area contributed by atoms with Crippen LogP contribution in [0.1, 0.15) is 37.6 Å². The van der Waals surface area contributed by atoms with Gasteiger partial charge in [-0.25, -0.2) is 13.6 Å². The number of rotatable bonds is 5. The minimum absolute atomic E-state index is 0.0401. The van der Waals surface area contributed by atoms with Crippen molar-refractivity contribution in [1.82, 2.24) is 5.32 Å². The Morgan fingerprint density at radius 3 is 2.50 bits per heavy atom. The lowest BCUT2D eigenvalue weighted by Crippen LogP contribution is -2.37. The number of halogens is 1. The smallest absolute Gasteiger partial charge is 0.253 e. The molecule has 1 amide bonds. The van der Waals surface area contributed by atoms with E-state index in [0.29, 0.717) is 5.92 Å². The van der Waals surface area contributed by atoms with Crippen molar-refractivity contribution in [2.45, 2.75) is 38.1 Å². The summed E-state index contributed by atoms with van der Waals surface area (Å²) in [7, 11) is -3.86. The van der Waals surface area contributed by atoms with Crippen molar-refractivity contribution in [1.29, 1.82) is 0 Å². The van der Waals surface area contributed by atoms with E-state index < -0.39 is 15.9 Å². The summed E-state index contributed by atoms with van der Waals surface area (Å²) in [4.78, 5) is 12.0. The Bertz CT molecular complexity index is 602. The number of nitrogens with two attached hydrogens (primary N) is 1. The van der Waals surface area contributed by atoms with Crippen LogP contribution < -0.4 is 10.5 Å². The van der Waals surface area contributed by atoms with Gasteiger partial charge in [0.1, 0.15) is 0 Å². The van der Waals surface area contributed by atoms with Gasteiger partial charge in [-0.05, 0) is 31.0 Å². The molecule has 1 aromatic rings. The zero-order chi connectivity index (χ0) is 15.5. The normalized spacial score (nSPS) is 14.7. The van der Waals surface area contributed by atoms with E-state index in [-0.39, 0.29) is 21.5 Å². The third kappa shape index (κ3) is 4.19. The highest BCUT2D eigenvalue weighted by molar-refractivity contribution is 7.89. The molecule has 3 N–H and O–H groups in total. The van der Waals surface area contributed by atoms with Crippen LogP contribution in [0, 0.1) is 5.92 Å². The van der Waals surface area contributed by atoms with E-state index in [1.54, 1.807) is 0 Å². The first-order valence-electron chi connectivity index (χ1n) is 6.30. The van der Waals surface area contributed by atoms with Crippen molar-refractivity contribution >= 4 is 27.5 Å². The molecule has 20 heavy (non-hydrogen) atoms. The second-order valence-electron chi connectivity index (χ2n) is 4.83. The minimum Gasteiger partial charge on any atom is -0.349 e. The fraction of sp³-hybridized carbons (Fsp3) is 0.462. The van der Waals surface area contributed by atoms with Gasteiger partial charge in [0.15, 0.2) is 0 Å². The van der Waals surface area contributed by atoms with Gasteiger partial charge in [-0.15, -0.1) is 0 Å². The maximum absolute atomic E-state index is 12.1. The Balaban J connectivity index is 3.04. The number of carbonyl (C=O) groups excluding carboxylic acids is 1. The van der Waals surface area contributed by atoms with Crippen LogP contribution in [0.4, 0.5) is 0 Å². The van der Waals surface area contributed by atoms with E-state index in [1.807, 2.05) is 20.8 Å². The molecule has 5 nitrogen and oxygen atoms in total. The molecule has 0 spiro atoms. The van der Waals surface area contributed by atoms with E-state index >= 15 is 0 Å². The highest BCUT2D eigenvalue weighted by Crippen LogP contribution is 2.20. The first-order chi connectivity index (χ1) is 9.16. The van der Waals surface area contributed by atoms with Crippen LogP contribution >= 0.6 is 11.6 Å². The third-order valence-electron chi connectivity index (χ3n) is 3.37. The Hall–Kier alpha value is -1.11. The average molecular weight is 319 g/mol. The van der Waals surface area contributed by atoms with Gasteiger partial charge in [-0.3, -0.25) is 4.79 Å². The lowest BCUT2D eigenvalue weighted by Gasteiger charge is -2.20. The summed E-state index contributed by atoms with van der Waals surface area (Å²) in [6.45, 7) is 5.94. The molecule has 1 aromatic carbocycles. The molecule has 0 aliphatic heterocycles. The van der Waals surface area contributed by atoms with Crippen LogP contribution in [0.5, 0.6) is 0 Å². The van der Waals surface area contributed by atoms with Crippen molar-refractivity contribution in [2.24, 2.45) is 11.1 Å². The van der Waals surface area contributed by atoms with Gasteiger partial charge in [0.25, 0.3) is 5.91 Å². The number of carbonyl (C=O) groups is 1. The Morgan fingerprint density at radius 1 is 1.40 bits per heavy atom. The summed E-state index contributed by atoms with van der Waals surface area (Å²) in [5, 5.41) is 8.04. The number of benzene rings is 1. The van der Waals surface area contributed by atoms with Gasteiger partial charge in [0, 0.05) is 6.04 Å². The van der Waals surface area contributed by atoms with Gasteiger partial charge in [0.2, 0.25) is 10.0 Å². The molecular weight excluding hydrogens is 300 g/mol. The summed E-state index contributed by atoms with van der Waals surface area (Å²) < 4.78 is 22.6. The van der Waals surface area contributed by atoms with Crippen LogP contribution in [0.2, 0.25) is 5.02 Å². The van der Waals surface area contributed by atoms with Crippen LogP contribution in [0.15, 0.2) is 23.1 Å². The Labute approximate surface area is 124 Å². The first-order valence-corrected chi connectivity index (χ1v) is 8.22. The summed E-state index contributed by atoms with van der Waals surface area (Å²) >= 11 is 5.94. The fourth-order valence-electron chi connectivity index (χ4n) is 1.64. The Morgan fingerprint density at radius 2 is 2.00 bits per heavy atom. The van der Waals surface area contributed by atoms with E-state index in [1.165, 1.54) is 18.2 Å². The zero-order valence-corrected chi connectivity index (χ0v) is 13.3. The molecule has 0 aliphatic carbocycles. The molecule has 0 radical (unpaired) electrons. The van der Waals surface area contributed by atoms with Gasteiger partial charge in [0.05, 0.1) is 15.5 Å². The van der Waals surface area contributed by atoms with E-state index in [2.05, 4.69) is 5.32 Å². The predicted octanol–water partition coefficient (Wildman–Crippen LogP) is 2.15. The number of amides is 1. The molecule has 0 bridgehead atoms. The van der Waals surface area contributed by atoms with E-state index in [9.17, 15) is 13.2 Å². The van der Waals surface area contributed by atoms with Gasteiger partial charge in [-0.2, -0.15) is 0 Å². The number of nitrogens with one attached hydrogen (secondary N) is 1. The number of primary sulfonamides is 1. The fourth-order valence-corrected chi connectivity index (χ4v) is 2.38. The summed E-state index contributed by atoms with van der Waals surface area (Å²) in [6, 6.07) is 3.77. The molecule has 112 valence electrons. The second-order valence-corrected chi connectivity index (χ2v) is 6.80. The number of hydrogen-bond donors (Lipinski definition) is 2. The van der Waals surface area contributed by atoms with Gasteiger partial charge >= 0.3 is 0 Å². The average Bonchev–Trinajstić information content (AvgIpc) is 2.36. The summed E-state index contributed by atoms with van der Waals surface area (Å²) in [5.41, 5.74) is 0.105. The molecule has 0 saturated carbocycles. The molecule has 0 saturated heterocycles. The molecule has 0 aliphatic rings. The molecule has 0 heterocycles. The third-order valence-corrected chi connectivity index (χ3v) is 4.61. The van der Waals surface area contributed by atoms with Gasteiger partial charge in [-0.1, -0.05) is 31.9 Å². The van der Waals surface area contributed by atoms with Crippen molar-refractivity contribution < 1.29 is 13.2 Å². The van der Waals surface area contributed by atoms with Crippen LogP contribution in [0.3, 0.4) is 0 Å². The zero-order valence-electron chi connectivity index (χ0n) is 11.7. The maximum atomic E-state index is 12.1. The highest BCUT2D eigenvalue weighted by Gasteiger charge is 2.19. The number of hydrogen-bond acceptors (Lipinski definition) is 3. The van der Waals surface area contributed by atoms with Crippen molar-refractivity contribution in [2.75, 3.05) is 0 Å². The molecule has 7 heteroatoms. The molecule has 2 atom stereocenters. The summed E-state index contributed by atoms with van der Waals surface area (Å²) in [6.07, 6.45) is 0.923. The van der Waals surface area contributed by atoms with Crippen LogP contribution in [-0.2, 0) is 10.0 Å². The van der Waals surface area contributed by atoms with Crippen LogP contribution in [0.25, 0.3) is 0 Å². The van der Waals surface area contributed by atoms with E-state index in [0.717, 1.165) is 6.42 Å². The molecule has 0 fully saturated rings. The van der Waals surface area contributed by atoms with Crippen LogP contribution in [-0.4, -0.2) is 20.4 Å². The lowest BCUT2D eigenvalue weighted by atomic mass is 10.0. The maximum Gasteiger partial charge on any atom is 0.253 e. The largest absolute Gasteiger partial charge is 0.349 e. The van der Waals surface area contributed by atoms with E-state index in [4.69, 9.17) is 16.7 Å². The van der Waals surface area contributed by atoms with Crippen molar-refractivity contribution in [3.05, 3.63) is 28.8 Å². The standard InChI is InChI=1S/C13H19ClN2O3S/c1-4-8(2)9(3)16-13(17)11-7-10(20(15,18)19)5-6-12(11)14/h5-9H,4H2,1-3H3,(H,16,17)(H2,15,18,19). The molecule has 0 aromatic heterocycles. The lowest BCUT2D eigenvalue weighted by molar-refractivity contribution is 0.0928. The highest BCUT2D eigenvalue weighted by atomic mass is 35.5. The number of sulfonamides is 1. The molecule has 2 unspecified atom stereocenters. The second kappa shape index (κ2) is 6.56. The SMILES string of the molecule is CCC(C)C(C)NC(=O)c1cc(S(N)(=O)=O)ccc1Cl. The predicted molar refractivity (Wildman–Crippen MR) is 79.2 cm³/mol. The topological polar surface area (TPSA) is 89.3 Å². The van der Waals surface area contributed by atoms with Gasteiger partial charge < -0.3 is 5.32 Å². The molecule has 1 rings (SSSR count).